The molecular weight excluding hydrogens is 429 g/mol. The van der Waals surface area contributed by atoms with Crippen molar-refractivity contribution in [2.75, 3.05) is 11.9 Å². The summed E-state index contributed by atoms with van der Waals surface area (Å²) in [4.78, 5) is 5.04. The summed E-state index contributed by atoms with van der Waals surface area (Å²) in [6.07, 6.45) is 5.69. The van der Waals surface area contributed by atoms with Crippen LogP contribution < -0.4 is 15.2 Å². The molecule has 1 aliphatic heterocycles. The van der Waals surface area contributed by atoms with Crippen LogP contribution in [-0.4, -0.2) is 31.9 Å². The minimum Gasteiger partial charge on any atom is -0.493 e. The number of hydrogen-bond donors (Lipinski definition) is 2. The van der Waals surface area contributed by atoms with Gasteiger partial charge in [0.15, 0.2) is 0 Å². The molecule has 162 valence electrons. The van der Waals surface area contributed by atoms with Crippen molar-refractivity contribution < 1.29 is 13.3 Å². The number of nitrogens with zero attached hydrogens (tertiary/aromatic N) is 3. The van der Waals surface area contributed by atoms with E-state index in [0.717, 1.165) is 33.2 Å². The molecule has 0 fully saturated rings. The molecule has 0 spiro atoms. The predicted molar refractivity (Wildman–Crippen MR) is 123 cm³/mol. The summed E-state index contributed by atoms with van der Waals surface area (Å²) < 4.78 is 32.0. The summed E-state index contributed by atoms with van der Waals surface area (Å²) in [6.45, 7) is 0.828. The van der Waals surface area contributed by atoms with E-state index in [-0.39, 0.29) is 12.4 Å². The van der Waals surface area contributed by atoms with Crippen LogP contribution >= 0.6 is 0 Å². The molecule has 0 bridgehead atoms. The molecule has 5 rings (SSSR count). The Bertz CT molecular complexity index is 1440. The molecule has 2 aromatic carbocycles. The Balaban J connectivity index is 1.50. The summed E-state index contributed by atoms with van der Waals surface area (Å²) in [5.41, 5.74) is 3.16. The van der Waals surface area contributed by atoms with Gasteiger partial charge in [0.05, 0.1) is 28.7 Å². The van der Waals surface area contributed by atoms with E-state index in [4.69, 9.17) is 9.88 Å². The van der Waals surface area contributed by atoms with Gasteiger partial charge in [0.2, 0.25) is 0 Å². The van der Waals surface area contributed by atoms with Crippen molar-refractivity contribution in [3.8, 4) is 16.9 Å². The van der Waals surface area contributed by atoms with E-state index in [1.54, 1.807) is 36.8 Å². The predicted octanol–water partition coefficient (Wildman–Crippen LogP) is 3.33. The van der Waals surface area contributed by atoms with Gasteiger partial charge in [-0.15, -0.1) is 0 Å². The van der Waals surface area contributed by atoms with Gasteiger partial charge in [0.25, 0.3) is 0 Å². The Kier molecular flexibility index (Phi) is 4.99. The van der Waals surface area contributed by atoms with Gasteiger partial charge >= 0.3 is 0 Å². The van der Waals surface area contributed by atoms with Gasteiger partial charge in [-0.25, -0.2) is 13.6 Å². The highest BCUT2D eigenvalue weighted by Crippen LogP contribution is 2.33. The first kappa shape index (κ1) is 20.3. The van der Waals surface area contributed by atoms with Crippen molar-refractivity contribution in [3.63, 3.8) is 0 Å². The number of nitrogens with one attached hydrogen (secondary N) is 1. The first-order chi connectivity index (χ1) is 15.4. The van der Waals surface area contributed by atoms with E-state index >= 15 is 0 Å². The maximum absolute atomic E-state index is 14.5. The van der Waals surface area contributed by atoms with Crippen molar-refractivity contribution >= 4 is 32.2 Å². The molecule has 0 radical (unpaired) electrons. The van der Waals surface area contributed by atoms with Gasteiger partial charge in [-0.1, -0.05) is 12.1 Å². The third kappa shape index (κ3) is 3.65. The maximum Gasteiger partial charge on any atom is 0.135 e. The molecule has 0 saturated carbocycles. The smallest absolute Gasteiger partial charge is 0.135 e. The SMILES string of the molecule is C=S(N)(=O)c1ccc(-c2cnc(NCc3c(F)ccc4c3CCO4)c3cnncc23)cc1. The molecule has 0 aliphatic carbocycles. The normalized spacial score (nSPS) is 14.6. The summed E-state index contributed by atoms with van der Waals surface area (Å²) in [5.74, 6) is 4.54. The summed E-state index contributed by atoms with van der Waals surface area (Å²) >= 11 is 0. The van der Waals surface area contributed by atoms with Crippen LogP contribution in [0.25, 0.3) is 21.9 Å². The number of rotatable bonds is 5. The summed E-state index contributed by atoms with van der Waals surface area (Å²) in [7, 11) is -2.78. The number of benzene rings is 2. The zero-order valence-corrected chi connectivity index (χ0v) is 17.9. The highest BCUT2D eigenvalue weighted by molar-refractivity contribution is 7.98. The molecule has 1 aliphatic rings. The first-order valence-electron chi connectivity index (χ1n) is 9.93. The summed E-state index contributed by atoms with van der Waals surface area (Å²) in [6, 6.07) is 10.1. The number of halogens is 1. The zero-order valence-electron chi connectivity index (χ0n) is 17.0. The lowest BCUT2D eigenvalue weighted by Crippen LogP contribution is -2.11. The number of nitrogens with two attached hydrogens (primary N) is 1. The van der Waals surface area contributed by atoms with Gasteiger partial charge in [-0.2, -0.15) is 10.2 Å². The van der Waals surface area contributed by atoms with Crippen LogP contribution in [0.4, 0.5) is 10.2 Å². The van der Waals surface area contributed by atoms with Crippen molar-refractivity contribution in [1.82, 2.24) is 15.2 Å². The van der Waals surface area contributed by atoms with Crippen LogP contribution in [0.2, 0.25) is 0 Å². The van der Waals surface area contributed by atoms with Crippen LogP contribution in [0.3, 0.4) is 0 Å². The van der Waals surface area contributed by atoms with Crippen molar-refractivity contribution in [2.45, 2.75) is 17.9 Å². The van der Waals surface area contributed by atoms with Crippen molar-refractivity contribution in [2.24, 2.45) is 5.14 Å². The zero-order chi connectivity index (χ0) is 22.3. The molecule has 9 heteroatoms. The van der Waals surface area contributed by atoms with Gasteiger partial charge in [-0.05, 0) is 35.7 Å². The Labute approximate surface area is 184 Å². The molecular formula is C23H20FN5O2S. The molecule has 0 saturated heterocycles. The number of hydrogen-bond acceptors (Lipinski definition) is 6. The van der Waals surface area contributed by atoms with Crippen LogP contribution in [0.15, 0.2) is 59.9 Å². The van der Waals surface area contributed by atoms with Gasteiger partial charge in [0.1, 0.15) is 17.4 Å². The Morgan fingerprint density at radius 2 is 1.84 bits per heavy atom. The molecule has 1 atom stereocenters. The third-order valence-corrected chi connectivity index (χ3v) is 6.61. The lowest BCUT2D eigenvalue weighted by molar-refractivity contribution is 0.356. The van der Waals surface area contributed by atoms with Crippen LogP contribution in [-0.2, 0) is 22.7 Å². The molecule has 3 N–H and O–H groups in total. The van der Waals surface area contributed by atoms with E-state index in [1.807, 2.05) is 12.1 Å². The second-order valence-electron chi connectivity index (χ2n) is 7.54. The molecule has 3 heterocycles. The lowest BCUT2D eigenvalue weighted by atomic mass is 10.0. The minimum absolute atomic E-state index is 0.269. The van der Waals surface area contributed by atoms with Crippen molar-refractivity contribution in [3.05, 3.63) is 71.9 Å². The third-order valence-electron chi connectivity index (χ3n) is 5.54. The van der Waals surface area contributed by atoms with E-state index in [0.29, 0.717) is 29.3 Å². The monoisotopic (exact) mass is 449 g/mol. The molecule has 1 unspecified atom stereocenters. The van der Waals surface area contributed by atoms with E-state index in [1.165, 1.54) is 6.07 Å². The number of fused-ring (bicyclic) bond motifs is 2. The highest BCUT2D eigenvalue weighted by atomic mass is 32.2. The number of anilines is 1. The van der Waals surface area contributed by atoms with E-state index in [9.17, 15) is 8.60 Å². The number of ether oxygens (including phenoxy) is 1. The Hall–Kier alpha value is -3.56. The van der Waals surface area contributed by atoms with Gasteiger partial charge < -0.3 is 10.1 Å². The molecule has 2 aromatic heterocycles. The van der Waals surface area contributed by atoms with Gasteiger partial charge in [-0.3, -0.25) is 5.14 Å². The van der Waals surface area contributed by atoms with E-state index < -0.39 is 9.71 Å². The first-order valence-corrected chi connectivity index (χ1v) is 11.7. The van der Waals surface area contributed by atoms with Crippen LogP contribution in [0.1, 0.15) is 11.1 Å². The Morgan fingerprint density at radius 3 is 2.59 bits per heavy atom. The fraction of sp³-hybridized carbons (Fsp3) is 0.130. The van der Waals surface area contributed by atoms with E-state index in [2.05, 4.69) is 26.4 Å². The number of pyridine rings is 1. The second-order valence-corrected chi connectivity index (χ2v) is 9.47. The largest absolute Gasteiger partial charge is 0.493 e. The topological polar surface area (TPSA) is 103 Å². The highest BCUT2D eigenvalue weighted by Gasteiger charge is 2.20. The Morgan fingerprint density at radius 1 is 1.09 bits per heavy atom. The fourth-order valence-electron chi connectivity index (χ4n) is 3.91. The molecule has 0 amide bonds. The lowest BCUT2D eigenvalue weighted by Gasteiger charge is -2.14. The van der Waals surface area contributed by atoms with Crippen LogP contribution in [0.5, 0.6) is 5.75 Å². The quantitative estimate of drug-likeness (QED) is 0.453. The molecule has 4 aromatic rings. The average molecular weight is 450 g/mol. The summed E-state index contributed by atoms with van der Waals surface area (Å²) in [5, 5.41) is 18.5. The van der Waals surface area contributed by atoms with Gasteiger partial charge in [0, 0.05) is 51.5 Å². The average Bonchev–Trinajstić information content (AvgIpc) is 3.27. The standard InChI is InChI=1S/C23H20FN5O2S/c1-32(25,30)15-4-2-14(3-5-15)17-10-26-23(20-13-29-28-12-18(17)20)27-11-19-16-8-9-31-22(16)7-6-21(19)24/h2-7,10,12-13H,1,8-9,11H2,(H2,25,30)(H,26,27). The molecule has 32 heavy (non-hydrogen) atoms. The second kappa shape index (κ2) is 7.85. The van der Waals surface area contributed by atoms with Crippen LogP contribution in [0, 0.1) is 5.82 Å². The molecule has 7 nitrogen and oxygen atoms in total. The van der Waals surface area contributed by atoms with Crippen molar-refractivity contribution in [1.29, 1.82) is 0 Å². The minimum atomic E-state index is -2.78. The maximum atomic E-state index is 14.5. The number of aromatic nitrogens is 3. The fourth-order valence-corrected chi connectivity index (χ4v) is 4.50.